The topological polar surface area (TPSA) is 52.5 Å². The predicted octanol–water partition coefficient (Wildman–Crippen LogP) is 6.36. The second-order valence-electron chi connectivity index (χ2n) is 4.22. The molecule has 0 aliphatic carbocycles. The number of aromatic amines is 1. The molecule has 1 heterocycles. The molecule has 3 nitrogen and oxygen atoms in total. The van der Waals surface area contributed by atoms with Gasteiger partial charge in [0.05, 0.1) is 24.7 Å². The fourth-order valence-electron chi connectivity index (χ4n) is 1.85. The van der Waals surface area contributed by atoms with Crippen LogP contribution in [0.2, 0.25) is 10.0 Å². The minimum absolute atomic E-state index is 0.0448. The predicted molar refractivity (Wildman–Crippen MR) is 89.6 cm³/mol. The summed E-state index contributed by atoms with van der Waals surface area (Å²) in [5.74, 6) is 0. The van der Waals surface area contributed by atoms with Gasteiger partial charge < -0.3 is 0 Å². The van der Waals surface area contributed by atoms with E-state index in [-0.39, 0.29) is 27.0 Å². The molecule has 0 fully saturated rings. The fraction of sp³-hybridized carbons (Fsp3) is 0.0769. The number of aromatic nitrogens is 2. The number of hydrogen-bond donors (Lipinski definition) is 1. The summed E-state index contributed by atoms with van der Waals surface area (Å²) in [5, 5.41) is 15.0. The molecule has 2 rings (SSSR count). The van der Waals surface area contributed by atoms with Crippen molar-refractivity contribution in [1.29, 1.82) is 5.26 Å². The normalized spacial score (nSPS) is 11.2. The minimum Gasteiger partial charge on any atom is -0.276 e. The van der Waals surface area contributed by atoms with Gasteiger partial charge in [0.1, 0.15) is 6.07 Å². The molecule has 0 aliphatic heterocycles. The smallest absolute Gasteiger partial charge is 0.276 e. The lowest BCUT2D eigenvalue weighted by molar-refractivity contribution is -0.137. The highest BCUT2D eigenvalue weighted by molar-refractivity contribution is 9.28. The molecule has 120 valence electrons. The maximum atomic E-state index is 12.8. The van der Waals surface area contributed by atoms with Crippen LogP contribution in [-0.2, 0) is 6.18 Å². The quantitative estimate of drug-likeness (QED) is 0.533. The van der Waals surface area contributed by atoms with Crippen molar-refractivity contribution in [3.63, 3.8) is 0 Å². The molecule has 0 unspecified atom stereocenters. The summed E-state index contributed by atoms with van der Waals surface area (Å²) in [6.45, 7) is 0. The van der Waals surface area contributed by atoms with Gasteiger partial charge in [-0.15, -0.1) is 0 Å². The third-order valence-corrected chi connectivity index (χ3v) is 3.84. The fourth-order valence-corrected chi connectivity index (χ4v) is 2.99. The van der Waals surface area contributed by atoms with E-state index in [1.165, 1.54) is 6.08 Å². The van der Waals surface area contributed by atoms with Crippen molar-refractivity contribution in [1.82, 2.24) is 10.2 Å². The highest BCUT2D eigenvalue weighted by Gasteiger charge is 2.32. The summed E-state index contributed by atoms with van der Waals surface area (Å²) < 4.78 is 38.9. The van der Waals surface area contributed by atoms with Crippen molar-refractivity contribution >= 4 is 61.1 Å². The van der Waals surface area contributed by atoms with Gasteiger partial charge in [0.15, 0.2) is 5.69 Å². The van der Waals surface area contributed by atoms with Crippen LogP contribution >= 0.6 is 55.1 Å². The zero-order valence-corrected chi connectivity index (χ0v) is 15.5. The molecule has 0 aliphatic rings. The average Bonchev–Trinajstić information content (AvgIpc) is 2.79. The van der Waals surface area contributed by atoms with E-state index in [1.807, 2.05) is 6.07 Å². The van der Waals surface area contributed by atoms with Crippen LogP contribution in [0.3, 0.4) is 0 Å². The summed E-state index contributed by atoms with van der Waals surface area (Å²) in [6.07, 6.45) is -3.05. The van der Waals surface area contributed by atoms with Crippen molar-refractivity contribution < 1.29 is 13.2 Å². The second-order valence-corrected chi connectivity index (χ2v) is 7.81. The van der Waals surface area contributed by atoms with Crippen molar-refractivity contribution in [2.75, 3.05) is 0 Å². The van der Waals surface area contributed by atoms with Gasteiger partial charge in [-0.2, -0.15) is 23.5 Å². The van der Waals surface area contributed by atoms with Crippen LogP contribution in [0.4, 0.5) is 13.2 Å². The Morgan fingerprint density at radius 3 is 2.26 bits per heavy atom. The number of alkyl halides is 3. The maximum absolute atomic E-state index is 12.8. The lowest BCUT2D eigenvalue weighted by Crippen LogP contribution is -2.05. The van der Waals surface area contributed by atoms with Gasteiger partial charge in [0.25, 0.3) is 0 Å². The number of benzene rings is 1. The maximum Gasteiger partial charge on any atom is 0.416 e. The summed E-state index contributed by atoms with van der Waals surface area (Å²) in [5.41, 5.74) is -0.220. The molecule has 0 amide bonds. The molecule has 0 radical (unpaired) electrons. The summed E-state index contributed by atoms with van der Waals surface area (Å²) in [4.78, 5) is 0. The Hall–Kier alpha value is -1.01. The lowest BCUT2D eigenvalue weighted by atomic mass is 10.0. The third kappa shape index (κ3) is 3.91. The zero-order chi connectivity index (χ0) is 17.4. The van der Waals surface area contributed by atoms with E-state index in [4.69, 9.17) is 28.5 Å². The van der Waals surface area contributed by atoms with Crippen LogP contribution in [0.5, 0.6) is 0 Å². The highest BCUT2D eigenvalue weighted by atomic mass is 79.9. The van der Waals surface area contributed by atoms with E-state index >= 15 is 0 Å². The number of nitrogens with zero attached hydrogens (tertiary/aromatic N) is 2. The number of hydrogen-bond acceptors (Lipinski definition) is 2. The van der Waals surface area contributed by atoms with E-state index in [0.717, 1.165) is 12.1 Å². The lowest BCUT2D eigenvalue weighted by Gasteiger charge is -2.12. The van der Waals surface area contributed by atoms with Crippen LogP contribution < -0.4 is 0 Å². The molecule has 1 aromatic carbocycles. The van der Waals surface area contributed by atoms with E-state index in [1.54, 1.807) is 0 Å². The van der Waals surface area contributed by atoms with Crippen molar-refractivity contribution in [3.8, 4) is 17.3 Å². The number of H-pyrrole nitrogens is 1. The minimum atomic E-state index is -4.57. The molecular weight excluding hydrogens is 486 g/mol. The molecule has 0 bridgehead atoms. The van der Waals surface area contributed by atoms with Gasteiger partial charge in [-0.3, -0.25) is 5.10 Å². The zero-order valence-electron chi connectivity index (χ0n) is 10.8. The first-order chi connectivity index (χ1) is 10.6. The molecule has 2 aromatic rings. The first-order valence-electron chi connectivity index (χ1n) is 5.73. The van der Waals surface area contributed by atoms with Gasteiger partial charge in [-0.1, -0.05) is 23.2 Å². The standard InChI is InChI=1S/C13H4Br2Cl2F3N3/c14-10(15)3-6-9(4-21)22-23-12(6)11-7(16)1-5(2-8(11)17)13(18,19)20/h1-3H,(H,22,23). The molecule has 1 aromatic heterocycles. The van der Waals surface area contributed by atoms with Gasteiger partial charge in [-0.25, -0.2) is 0 Å². The molecule has 0 saturated carbocycles. The number of nitriles is 1. The second kappa shape index (κ2) is 6.85. The Kier molecular flexibility index (Phi) is 5.46. The van der Waals surface area contributed by atoms with Crippen molar-refractivity contribution in [2.24, 2.45) is 0 Å². The molecule has 0 atom stereocenters. The van der Waals surface area contributed by atoms with Gasteiger partial charge in [0, 0.05) is 11.1 Å². The van der Waals surface area contributed by atoms with E-state index < -0.39 is 11.7 Å². The first-order valence-corrected chi connectivity index (χ1v) is 8.07. The van der Waals surface area contributed by atoms with Crippen LogP contribution in [0.1, 0.15) is 16.8 Å². The third-order valence-electron chi connectivity index (χ3n) is 2.78. The van der Waals surface area contributed by atoms with Gasteiger partial charge >= 0.3 is 6.18 Å². The van der Waals surface area contributed by atoms with E-state index in [9.17, 15) is 13.2 Å². The first kappa shape index (κ1) is 18.3. The SMILES string of the molecule is N#Cc1n[nH]c(-c2c(Cl)cc(C(F)(F)F)cc2Cl)c1C=C(Br)Br. The molecule has 10 heteroatoms. The van der Waals surface area contributed by atoms with Crippen LogP contribution in [-0.4, -0.2) is 10.2 Å². The van der Waals surface area contributed by atoms with E-state index in [0.29, 0.717) is 8.96 Å². The molecule has 0 spiro atoms. The largest absolute Gasteiger partial charge is 0.416 e. The molecular formula is C13H4Br2Cl2F3N3. The van der Waals surface area contributed by atoms with Crippen LogP contribution in [0.25, 0.3) is 17.3 Å². The van der Waals surface area contributed by atoms with Crippen LogP contribution in [0, 0.1) is 11.3 Å². The highest BCUT2D eigenvalue weighted by Crippen LogP contribution is 2.42. The Bertz CT molecular complexity index is 811. The number of halogens is 7. The number of rotatable bonds is 2. The summed E-state index contributed by atoms with van der Waals surface area (Å²) in [6, 6.07) is 3.41. The Labute approximate surface area is 155 Å². The summed E-state index contributed by atoms with van der Waals surface area (Å²) in [7, 11) is 0. The molecule has 0 saturated heterocycles. The van der Waals surface area contributed by atoms with Crippen molar-refractivity contribution in [3.05, 3.63) is 42.4 Å². The number of nitrogens with one attached hydrogen (secondary N) is 1. The Morgan fingerprint density at radius 2 is 1.83 bits per heavy atom. The monoisotopic (exact) mass is 487 g/mol. The van der Waals surface area contributed by atoms with Gasteiger partial charge in [0.2, 0.25) is 0 Å². The molecule has 23 heavy (non-hydrogen) atoms. The molecule has 1 N–H and O–H groups in total. The Morgan fingerprint density at radius 1 is 1.26 bits per heavy atom. The van der Waals surface area contributed by atoms with Crippen molar-refractivity contribution in [2.45, 2.75) is 6.18 Å². The van der Waals surface area contributed by atoms with E-state index in [2.05, 4.69) is 42.1 Å². The Balaban J connectivity index is 2.72. The van der Waals surface area contributed by atoms with Crippen LogP contribution in [0.15, 0.2) is 15.5 Å². The van der Waals surface area contributed by atoms with Gasteiger partial charge in [-0.05, 0) is 50.1 Å². The average molecular weight is 490 g/mol. The summed E-state index contributed by atoms with van der Waals surface area (Å²) >= 11 is 18.3.